The topological polar surface area (TPSA) is 12.5 Å². The molecule has 20 heavy (non-hydrogen) atoms. The summed E-state index contributed by atoms with van der Waals surface area (Å²) in [4.78, 5) is 2.55. The number of rotatable bonds is 3. The summed E-state index contributed by atoms with van der Waals surface area (Å²) >= 11 is 0. The summed E-state index contributed by atoms with van der Waals surface area (Å²) in [6.45, 7) is 5.88. The molecule has 2 heteroatoms. The van der Waals surface area contributed by atoms with E-state index in [9.17, 15) is 0 Å². The fourth-order valence-corrected chi connectivity index (χ4v) is 4.25. The van der Waals surface area contributed by atoms with Crippen LogP contribution in [0.4, 0.5) is 0 Å². The van der Waals surface area contributed by atoms with E-state index in [0.717, 1.165) is 11.8 Å². The normalized spacial score (nSPS) is 29.7. The van der Waals surface area contributed by atoms with Crippen LogP contribution < -0.4 is 4.74 Å². The second kappa shape index (κ2) is 5.07. The first-order valence-electron chi connectivity index (χ1n) is 7.92. The third-order valence-electron chi connectivity index (χ3n) is 5.57. The minimum atomic E-state index is 0.333. The average Bonchev–Trinajstić information content (AvgIpc) is 2.94. The van der Waals surface area contributed by atoms with Gasteiger partial charge in [-0.05, 0) is 80.8 Å². The molecule has 1 aromatic carbocycles. The molecule has 1 fully saturated rings. The van der Waals surface area contributed by atoms with E-state index in [1.54, 1.807) is 18.2 Å². The predicted octanol–water partition coefficient (Wildman–Crippen LogP) is 3.69. The van der Waals surface area contributed by atoms with Crippen LogP contribution in [-0.2, 0) is 11.8 Å². The van der Waals surface area contributed by atoms with Crippen LogP contribution in [-0.4, -0.2) is 31.6 Å². The second-order valence-electron chi connectivity index (χ2n) is 7.02. The monoisotopic (exact) mass is 273 g/mol. The number of hydrogen-bond acceptors (Lipinski definition) is 2. The van der Waals surface area contributed by atoms with Crippen molar-refractivity contribution in [2.45, 2.75) is 57.4 Å². The minimum absolute atomic E-state index is 0.333. The van der Waals surface area contributed by atoms with E-state index in [-0.39, 0.29) is 0 Å². The van der Waals surface area contributed by atoms with E-state index >= 15 is 0 Å². The first-order chi connectivity index (χ1) is 9.53. The van der Waals surface area contributed by atoms with E-state index in [1.807, 2.05) is 0 Å². The van der Waals surface area contributed by atoms with Crippen molar-refractivity contribution in [3.8, 4) is 5.75 Å². The lowest BCUT2D eigenvalue weighted by Crippen LogP contribution is -2.33. The molecule has 1 aliphatic carbocycles. The molecule has 1 saturated heterocycles. The van der Waals surface area contributed by atoms with Crippen molar-refractivity contribution < 1.29 is 4.74 Å². The summed E-state index contributed by atoms with van der Waals surface area (Å²) in [5.41, 5.74) is 4.69. The zero-order chi connectivity index (χ0) is 14.3. The van der Waals surface area contributed by atoms with Crippen LogP contribution >= 0.6 is 0 Å². The smallest absolute Gasteiger partial charge is 0.122 e. The van der Waals surface area contributed by atoms with Crippen LogP contribution in [0.5, 0.6) is 5.75 Å². The molecule has 3 rings (SSSR count). The summed E-state index contributed by atoms with van der Waals surface area (Å²) in [6.07, 6.45) is 6.54. The Bertz CT molecular complexity index is 510. The Kier molecular flexibility index (Phi) is 3.53. The molecule has 1 aromatic rings. The number of benzene rings is 1. The predicted molar refractivity (Wildman–Crippen MR) is 83.7 cm³/mol. The highest BCUT2D eigenvalue weighted by atomic mass is 16.5. The SMILES string of the molecule is COc1cc2c(cc1C)CCC2(C)C[C@H]1CCCN1C. The number of nitrogens with zero attached hydrogens (tertiary/aromatic N) is 1. The van der Waals surface area contributed by atoms with Crippen molar-refractivity contribution in [1.29, 1.82) is 0 Å². The Hall–Kier alpha value is -1.02. The molecular weight excluding hydrogens is 246 g/mol. The molecule has 0 saturated carbocycles. The summed E-state index contributed by atoms with van der Waals surface area (Å²) in [5.74, 6) is 1.05. The molecule has 0 N–H and O–H groups in total. The standard InChI is InChI=1S/C18H27NO/c1-13-10-14-7-8-18(2,16(14)11-17(13)20-4)12-15-6-5-9-19(15)3/h10-11,15H,5-9,12H2,1-4H3/t15-,18?/m1/s1. The molecule has 0 bridgehead atoms. The van der Waals surface area contributed by atoms with E-state index in [1.165, 1.54) is 44.2 Å². The van der Waals surface area contributed by atoms with Crippen LogP contribution in [0, 0.1) is 6.92 Å². The highest BCUT2D eigenvalue weighted by molar-refractivity contribution is 5.48. The Morgan fingerprint density at radius 3 is 2.85 bits per heavy atom. The lowest BCUT2D eigenvalue weighted by Gasteiger charge is -2.32. The van der Waals surface area contributed by atoms with Gasteiger partial charge in [-0.1, -0.05) is 13.0 Å². The van der Waals surface area contributed by atoms with E-state index in [2.05, 4.69) is 37.9 Å². The van der Waals surface area contributed by atoms with Gasteiger partial charge in [-0.2, -0.15) is 0 Å². The molecular formula is C18H27NO. The summed E-state index contributed by atoms with van der Waals surface area (Å²) in [7, 11) is 4.07. The molecule has 110 valence electrons. The van der Waals surface area contributed by atoms with Gasteiger partial charge in [0, 0.05) is 6.04 Å². The number of methoxy groups -OCH3 is 1. The first kappa shape index (κ1) is 13.9. The number of likely N-dealkylation sites (tertiary alicyclic amines) is 1. The van der Waals surface area contributed by atoms with E-state index < -0.39 is 0 Å². The number of ether oxygens (including phenoxy) is 1. The number of fused-ring (bicyclic) bond motifs is 1. The van der Waals surface area contributed by atoms with E-state index in [4.69, 9.17) is 4.74 Å². The fraction of sp³-hybridized carbons (Fsp3) is 0.667. The Morgan fingerprint density at radius 1 is 1.40 bits per heavy atom. The van der Waals surface area contributed by atoms with Crippen LogP contribution in [0.3, 0.4) is 0 Å². The van der Waals surface area contributed by atoms with Gasteiger partial charge in [0.15, 0.2) is 0 Å². The van der Waals surface area contributed by atoms with Crippen molar-refractivity contribution in [2.75, 3.05) is 20.7 Å². The summed E-state index contributed by atoms with van der Waals surface area (Å²) in [5, 5.41) is 0. The molecule has 0 spiro atoms. The third-order valence-corrected chi connectivity index (χ3v) is 5.57. The van der Waals surface area contributed by atoms with Gasteiger partial charge in [-0.15, -0.1) is 0 Å². The molecule has 1 aliphatic heterocycles. The van der Waals surface area contributed by atoms with Crippen molar-refractivity contribution in [2.24, 2.45) is 0 Å². The minimum Gasteiger partial charge on any atom is -0.496 e. The highest BCUT2D eigenvalue weighted by Gasteiger charge is 2.38. The molecule has 2 aliphatic rings. The van der Waals surface area contributed by atoms with Gasteiger partial charge >= 0.3 is 0 Å². The number of hydrogen-bond donors (Lipinski definition) is 0. The van der Waals surface area contributed by atoms with Crippen LogP contribution in [0.25, 0.3) is 0 Å². The van der Waals surface area contributed by atoms with Gasteiger partial charge in [0.1, 0.15) is 5.75 Å². The maximum atomic E-state index is 5.54. The van der Waals surface area contributed by atoms with Crippen LogP contribution in [0.15, 0.2) is 12.1 Å². The van der Waals surface area contributed by atoms with Crippen molar-refractivity contribution in [1.82, 2.24) is 4.90 Å². The fourth-order valence-electron chi connectivity index (χ4n) is 4.25. The van der Waals surface area contributed by atoms with Gasteiger partial charge in [0.25, 0.3) is 0 Å². The second-order valence-corrected chi connectivity index (χ2v) is 7.02. The average molecular weight is 273 g/mol. The molecule has 0 radical (unpaired) electrons. The maximum Gasteiger partial charge on any atom is 0.122 e. The Labute approximate surface area is 123 Å². The van der Waals surface area contributed by atoms with Gasteiger partial charge < -0.3 is 9.64 Å². The molecule has 0 aromatic heterocycles. The third kappa shape index (κ3) is 2.24. The molecule has 2 nitrogen and oxygen atoms in total. The zero-order valence-electron chi connectivity index (χ0n) is 13.3. The highest BCUT2D eigenvalue weighted by Crippen LogP contribution is 2.45. The first-order valence-corrected chi connectivity index (χ1v) is 7.92. The van der Waals surface area contributed by atoms with E-state index in [0.29, 0.717) is 5.41 Å². The Balaban J connectivity index is 1.90. The van der Waals surface area contributed by atoms with Gasteiger partial charge in [-0.25, -0.2) is 0 Å². The number of aryl methyl sites for hydroxylation is 2. The molecule has 1 unspecified atom stereocenters. The molecule has 0 amide bonds. The van der Waals surface area contributed by atoms with Gasteiger partial charge in [-0.3, -0.25) is 0 Å². The largest absolute Gasteiger partial charge is 0.496 e. The lowest BCUT2D eigenvalue weighted by molar-refractivity contribution is 0.245. The van der Waals surface area contributed by atoms with Crippen molar-refractivity contribution in [3.63, 3.8) is 0 Å². The lowest BCUT2D eigenvalue weighted by atomic mass is 9.77. The van der Waals surface area contributed by atoms with Crippen LogP contribution in [0.1, 0.15) is 49.3 Å². The quantitative estimate of drug-likeness (QED) is 0.833. The van der Waals surface area contributed by atoms with Crippen molar-refractivity contribution >= 4 is 0 Å². The van der Waals surface area contributed by atoms with Gasteiger partial charge in [0.05, 0.1) is 7.11 Å². The van der Waals surface area contributed by atoms with Gasteiger partial charge in [0.2, 0.25) is 0 Å². The summed E-state index contributed by atoms with van der Waals surface area (Å²) in [6, 6.07) is 5.42. The van der Waals surface area contributed by atoms with Crippen molar-refractivity contribution in [3.05, 3.63) is 28.8 Å². The summed E-state index contributed by atoms with van der Waals surface area (Å²) < 4.78 is 5.54. The van der Waals surface area contributed by atoms with Crippen LogP contribution in [0.2, 0.25) is 0 Å². The Morgan fingerprint density at radius 2 is 2.20 bits per heavy atom. The molecule has 1 heterocycles. The molecule has 2 atom stereocenters. The maximum absolute atomic E-state index is 5.54. The zero-order valence-corrected chi connectivity index (χ0v) is 13.3.